The number of hydrogen-bond acceptors (Lipinski definition) is 3. The molecule has 0 amide bonds. The summed E-state index contributed by atoms with van der Waals surface area (Å²) in [7, 11) is 0. The van der Waals surface area contributed by atoms with Gasteiger partial charge in [-0.3, -0.25) is 4.90 Å². The minimum absolute atomic E-state index is 0.236. The van der Waals surface area contributed by atoms with Crippen molar-refractivity contribution in [1.29, 1.82) is 0 Å². The van der Waals surface area contributed by atoms with Crippen LogP contribution in [0.4, 0.5) is 5.95 Å². The van der Waals surface area contributed by atoms with Gasteiger partial charge in [0.25, 0.3) is 0 Å². The quantitative estimate of drug-likeness (QED) is 0.526. The zero-order chi connectivity index (χ0) is 17.0. The summed E-state index contributed by atoms with van der Waals surface area (Å²) in [6, 6.07) is 15.4. The van der Waals surface area contributed by atoms with Crippen LogP contribution >= 0.6 is 0 Å². The first kappa shape index (κ1) is 14.3. The summed E-state index contributed by atoms with van der Waals surface area (Å²) in [5.41, 5.74) is 3.02. The van der Waals surface area contributed by atoms with Crippen molar-refractivity contribution in [1.82, 2.24) is 4.40 Å². The van der Waals surface area contributed by atoms with Gasteiger partial charge in [-0.25, -0.2) is 4.40 Å². The highest BCUT2D eigenvalue weighted by molar-refractivity contribution is 6.05. The molecule has 5 nitrogen and oxygen atoms in total. The molecule has 0 N–H and O–H groups in total. The summed E-state index contributed by atoms with van der Waals surface area (Å²) in [5, 5.41) is 12.4. The number of para-hydroxylation sites is 1. The molecule has 124 valence electrons. The predicted octanol–water partition coefficient (Wildman–Crippen LogP) is 1.79. The topological polar surface area (TPSA) is 51.9 Å². The number of carbonyl (C=O) groups is 1. The average Bonchev–Trinajstić information content (AvgIpc) is 3.26. The van der Waals surface area contributed by atoms with E-state index in [2.05, 4.69) is 13.7 Å². The van der Waals surface area contributed by atoms with E-state index >= 15 is 0 Å². The third kappa shape index (κ3) is 1.95. The largest absolute Gasteiger partial charge is 0.545 e. The fourth-order valence-electron chi connectivity index (χ4n) is 4.02. The van der Waals surface area contributed by atoms with Crippen molar-refractivity contribution in [3.63, 3.8) is 0 Å². The van der Waals surface area contributed by atoms with Crippen LogP contribution in [0.15, 0.2) is 54.7 Å². The van der Waals surface area contributed by atoms with Crippen LogP contribution in [0.5, 0.6) is 0 Å². The fraction of sp³-hybridized carbons (Fsp3) is 0.200. The Morgan fingerprint density at radius 1 is 1.00 bits per heavy atom. The van der Waals surface area contributed by atoms with Gasteiger partial charge in [-0.05, 0) is 37.1 Å². The number of carbonyl (C=O) groups excluding carboxylic acids is 1. The minimum atomic E-state index is -1.14. The van der Waals surface area contributed by atoms with Crippen molar-refractivity contribution in [3.05, 3.63) is 60.3 Å². The number of fused-ring (bicyclic) bond motifs is 5. The highest BCUT2D eigenvalue weighted by Gasteiger charge is 2.29. The molecule has 0 aliphatic carbocycles. The lowest BCUT2D eigenvalue weighted by Gasteiger charge is -2.12. The Morgan fingerprint density at radius 2 is 1.76 bits per heavy atom. The summed E-state index contributed by atoms with van der Waals surface area (Å²) < 4.78 is 4.34. The number of rotatable bonds is 2. The summed E-state index contributed by atoms with van der Waals surface area (Å²) in [6.07, 6.45) is 4.40. The number of nitrogens with zero attached hydrogens (tertiary/aromatic N) is 3. The van der Waals surface area contributed by atoms with Crippen molar-refractivity contribution >= 4 is 33.9 Å². The normalized spacial score (nSPS) is 14.8. The van der Waals surface area contributed by atoms with Gasteiger partial charge < -0.3 is 9.90 Å². The van der Waals surface area contributed by atoms with E-state index in [1.54, 1.807) is 6.07 Å². The molecule has 1 aliphatic heterocycles. The second-order valence-corrected chi connectivity index (χ2v) is 6.53. The van der Waals surface area contributed by atoms with Crippen LogP contribution in [-0.2, 0) is 0 Å². The van der Waals surface area contributed by atoms with E-state index in [9.17, 15) is 9.90 Å². The molecule has 1 aliphatic rings. The zero-order valence-corrected chi connectivity index (χ0v) is 13.7. The third-order valence-corrected chi connectivity index (χ3v) is 5.10. The smallest absolute Gasteiger partial charge is 0.370 e. The summed E-state index contributed by atoms with van der Waals surface area (Å²) in [5.74, 6) is -0.0547. The van der Waals surface area contributed by atoms with E-state index in [1.807, 2.05) is 48.7 Å². The Bertz CT molecular complexity index is 1140. The molecular weight excluding hydrogens is 314 g/mol. The van der Waals surface area contributed by atoms with E-state index in [4.69, 9.17) is 0 Å². The number of carboxylic acids is 1. The van der Waals surface area contributed by atoms with Crippen LogP contribution in [-0.4, -0.2) is 23.5 Å². The molecule has 4 aromatic rings. The number of carboxylic acid groups (broad SMARTS) is 1. The van der Waals surface area contributed by atoms with E-state index in [0.717, 1.165) is 35.6 Å². The van der Waals surface area contributed by atoms with Crippen molar-refractivity contribution in [2.45, 2.75) is 12.8 Å². The maximum atomic E-state index is 11.7. The first-order valence-electron chi connectivity index (χ1n) is 8.58. The van der Waals surface area contributed by atoms with E-state index in [0.29, 0.717) is 5.39 Å². The van der Waals surface area contributed by atoms with Gasteiger partial charge in [0.05, 0.1) is 25.3 Å². The lowest BCUT2D eigenvalue weighted by molar-refractivity contribution is -0.497. The molecule has 0 atom stereocenters. The molecule has 0 unspecified atom stereocenters. The Kier molecular flexibility index (Phi) is 2.98. The molecule has 4 heterocycles. The van der Waals surface area contributed by atoms with Gasteiger partial charge in [-0.1, -0.05) is 24.3 Å². The van der Waals surface area contributed by atoms with Crippen LogP contribution in [0.2, 0.25) is 0 Å². The molecule has 5 heteroatoms. The standard InChI is InChI=1S/C20H17N3O2/c24-19(25)15-13-18-17-9-3-4-12-22(17)20(21-10-5-6-11-21)23(18)16-8-2-1-7-14(15)16/h1-4,7-9,12-13H,5-6,10-11H2. The number of anilines is 1. The van der Waals surface area contributed by atoms with E-state index in [-0.39, 0.29) is 5.56 Å². The molecule has 0 spiro atoms. The molecule has 0 radical (unpaired) electrons. The van der Waals surface area contributed by atoms with Gasteiger partial charge in [0.1, 0.15) is 16.6 Å². The molecule has 0 bridgehead atoms. The SMILES string of the molecule is O=C([O-])c1cc2c3cccc[n+]3c(N3CCCC3)n2c2ccccc12. The monoisotopic (exact) mass is 331 g/mol. The number of hydrogen-bond donors (Lipinski definition) is 0. The van der Waals surface area contributed by atoms with E-state index in [1.165, 1.54) is 12.8 Å². The Balaban J connectivity index is 2.04. The van der Waals surface area contributed by atoms with Gasteiger partial charge >= 0.3 is 5.95 Å². The third-order valence-electron chi connectivity index (χ3n) is 5.10. The van der Waals surface area contributed by atoms with Crippen LogP contribution in [0.3, 0.4) is 0 Å². The van der Waals surface area contributed by atoms with Crippen LogP contribution in [0.25, 0.3) is 21.9 Å². The van der Waals surface area contributed by atoms with Crippen molar-refractivity contribution in [2.24, 2.45) is 0 Å². The molecule has 5 rings (SSSR count). The first-order chi connectivity index (χ1) is 12.3. The molecule has 0 saturated carbocycles. The van der Waals surface area contributed by atoms with Crippen molar-refractivity contribution in [3.8, 4) is 0 Å². The molecule has 3 aromatic heterocycles. The molecule has 25 heavy (non-hydrogen) atoms. The Hall–Kier alpha value is -3.08. The summed E-state index contributed by atoms with van der Waals surface area (Å²) in [4.78, 5) is 14.1. The van der Waals surface area contributed by atoms with Gasteiger partial charge in [0, 0.05) is 10.9 Å². The van der Waals surface area contributed by atoms with Gasteiger partial charge in [0.2, 0.25) is 0 Å². The number of benzene rings is 1. The number of pyridine rings is 2. The maximum Gasteiger partial charge on any atom is 0.370 e. The second-order valence-electron chi connectivity index (χ2n) is 6.53. The first-order valence-corrected chi connectivity index (χ1v) is 8.58. The summed E-state index contributed by atoms with van der Waals surface area (Å²) >= 11 is 0. The Labute approximate surface area is 144 Å². The lowest BCUT2D eigenvalue weighted by Crippen LogP contribution is -2.32. The van der Waals surface area contributed by atoms with Gasteiger partial charge in [0.15, 0.2) is 0 Å². The van der Waals surface area contributed by atoms with Crippen LogP contribution < -0.4 is 14.4 Å². The van der Waals surface area contributed by atoms with Crippen molar-refractivity contribution in [2.75, 3.05) is 18.0 Å². The van der Waals surface area contributed by atoms with Gasteiger partial charge in [-0.2, -0.15) is 4.40 Å². The summed E-state index contributed by atoms with van der Waals surface area (Å²) in [6.45, 7) is 2.03. The Morgan fingerprint density at radius 3 is 2.56 bits per heavy atom. The number of imidazole rings is 1. The number of aromatic carboxylic acids is 1. The minimum Gasteiger partial charge on any atom is -0.545 e. The van der Waals surface area contributed by atoms with Gasteiger partial charge in [-0.15, -0.1) is 0 Å². The molecule has 1 fully saturated rings. The average molecular weight is 331 g/mol. The molecular formula is C20H17N3O2. The highest BCUT2D eigenvalue weighted by Crippen LogP contribution is 2.29. The fourth-order valence-corrected chi connectivity index (χ4v) is 4.02. The highest BCUT2D eigenvalue weighted by atomic mass is 16.4. The maximum absolute atomic E-state index is 11.7. The van der Waals surface area contributed by atoms with Crippen LogP contribution in [0, 0.1) is 0 Å². The van der Waals surface area contributed by atoms with Crippen molar-refractivity contribution < 1.29 is 14.3 Å². The number of aromatic nitrogens is 2. The zero-order valence-electron chi connectivity index (χ0n) is 13.7. The molecule has 1 aromatic carbocycles. The second kappa shape index (κ2) is 5.21. The van der Waals surface area contributed by atoms with Crippen LogP contribution in [0.1, 0.15) is 23.2 Å². The van der Waals surface area contributed by atoms with E-state index < -0.39 is 5.97 Å². The molecule has 1 saturated heterocycles. The lowest BCUT2D eigenvalue weighted by atomic mass is 10.1. The predicted molar refractivity (Wildman–Crippen MR) is 93.8 cm³/mol.